The maximum Gasteiger partial charge on any atom is 0.343 e. The van der Waals surface area contributed by atoms with Crippen molar-refractivity contribution in [2.24, 2.45) is 0 Å². The van der Waals surface area contributed by atoms with E-state index in [4.69, 9.17) is 9.15 Å². The van der Waals surface area contributed by atoms with Crippen LogP contribution in [0.15, 0.2) is 39.1 Å². The molecule has 0 saturated heterocycles. The highest BCUT2D eigenvalue weighted by Crippen LogP contribution is 2.48. The fourth-order valence-corrected chi connectivity index (χ4v) is 3.42. The minimum absolute atomic E-state index is 0.0170. The van der Waals surface area contributed by atoms with Gasteiger partial charge in [-0.3, -0.25) is 0 Å². The molecule has 0 unspecified atom stereocenters. The zero-order valence-electron chi connectivity index (χ0n) is 14.5. The van der Waals surface area contributed by atoms with Gasteiger partial charge in [0.15, 0.2) is 0 Å². The lowest BCUT2D eigenvalue weighted by molar-refractivity contribution is 0.0862. The van der Waals surface area contributed by atoms with E-state index in [2.05, 4.69) is 33.8 Å². The average molecular weight is 312 g/mol. The first-order valence-electron chi connectivity index (χ1n) is 8.22. The first kappa shape index (κ1) is 15.9. The number of benzene rings is 1. The molecule has 1 aliphatic rings. The largest absolute Gasteiger partial charge is 0.486 e. The van der Waals surface area contributed by atoms with Crippen LogP contribution in [0.2, 0.25) is 0 Å². The number of hydrogen-bond acceptors (Lipinski definition) is 3. The van der Waals surface area contributed by atoms with E-state index < -0.39 is 0 Å². The van der Waals surface area contributed by atoms with Crippen LogP contribution >= 0.6 is 0 Å². The number of rotatable bonds is 3. The lowest BCUT2D eigenvalue weighted by Gasteiger charge is -2.28. The molecule has 1 aliphatic heterocycles. The Labute approximate surface area is 137 Å². The van der Waals surface area contributed by atoms with Crippen LogP contribution in [0.3, 0.4) is 0 Å². The highest BCUT2D eigenvalue weighted by Gasteiger charge is 2.45. The Balaban J connectivity index is 2.10. The quantitative estimate of drug-likeness (QED) is 0.584. The van der Waals surface area contributed by atoms with Crippen molar-refractivity contribution >= 4 is 11.0 Å². The number of hydrogen-bond donors (Lipinski definition) is 0. The molecular formula is C20H24O3. The van der Waals surface area contributed by atoms with Gasteiger partial charge in [-0.2, -0.15) is 0 Å². The van der Waals surface area contributed by atoms with Crippen molar-refractivity contribution in [1.29, 1.82) is 0 Å². The van der Waals surface area contributed by atoms with Crippen LogP contribution in [-0.2, 0) is 0 Å². The summed E-state index contributed by atoms with van der Waals surface area (Å²) < 4.78 is 11.9. The van der Waals surface area contributed by atoms with Gasteiger partial charge < -0.3 is 9.15 Å². The van der Waals surface area contributed by atoms with Crippen LogP contribution in [0.5, 0.6) is 5.75 Å². The van der Waals surface area contributed by atoms with E-state index in [1.54, 1.807) is 0 Å². The molecule has 0 bridgehead atoms. The summed E-state index contributed by atoms with van der Waals surface area (Å²) in [6, 6.07) is 5.76. The smallest absolute Gasteiger partial charge is 0.343 e. The van der Waals surface area contributed by atoms with Crippen LogP contribution in [0.4, 0.5) is 0 Å². The molecule has 2 heterocycles. The van der Waals surface area contributed by atoms with Gasteiger partial charge in [0, 0.05) is 5.92 Å². The van der Waals surface area contributed by atoms with Gasteiger partial charge in [0.25, 0.3) is 0 Å². The fourth-order valence-electron chi connectivity index (χ4n) is 3.42. The summed E-state index contributed by atoms with van der Waals surface area (Å²) in [5.41, 5.74) is 3.03. The molecule has 1 aromatic heterocycles. The molecule has 122 valence electrons. The second-order valence-electron chi connectivity index (χ2n) is 7.04. The Hall–Kier alpha value is -2.03. The Bertz CT molecular complexity index is 840. The van der Waals surface area contributed by atoms with E-state index in [1.807, 2.05) is 25.1 Å². The van der Waals surface area contributed by atoms with Gasteiger partial charge >= 0.3 is 5.63 Å². The number of allylic oxidation sites excluding steroid dienone is 2. The molecule has 2 aromatic rings. The minimum atomic E-state index is -0.375. The monoisotopic (exact) mass is 312 g/mol. The lowest BCUT2D eigenvalue weighted by atomic mass is 9.84. The highest BCUT2D eigenvalue weighted by atomic mass is 16.5. The molecule has 23 heavy (non-hydrogen) atoms. The molecule has 3 heteroatoms. The molecule has 0 spiro atoms. The van der Waals surface area contributed by atoms with Crippen LogP contribution < -0.4 is 10.4 Å². The van der Waals surface area contributed by atoms with Crippen molar-refractivity contribution in [3.05, 3.63) is 51.4 Å². The molecule has 2 atom stereocenters. The van der Waals surface area contributed by atoms with Crippen molar-refractivity contribution in [2.75, 3.05) is 0 Å². The van der Waals surface area contributed by atoms with Gasteiger partial charge in [-0.05, 0) is 52.2 Å². The third kappa shape index (κ3) is 2.58. The molecule has 0 saturated carbocycles. The maximum absolute atomic E-state index is 12.5. The lowest BCUT2D eigenvalue weighted by Crippen LogP contribution is -2.33. The topological polar surface area (TPSA) is 39.4 Å². The highest BCUT2D eigenvalue weighted by molar-refractivity contribution is 5.88. The van der Waals surface area contributed by atoms with E-state index in [-0.39, 0.29) is 17.1 Å². The molecule has 3 nitrogen and oxygen atoms in total. The van der Waals surface area contributed by atoms with E-state index in [0.717, 1.165) is 29.5 Å². The second-order valence-corrected chi connectivity index (χ2v) is 7.04. The van der Waals surface area contributed by atoms with Gasteiger partial charge in [-0.25, -0.2) is 4.79 Å². The molecule has 0 N–H and O–H groups in total. The maximum atomic E-state index is 12.5. The van der Waals surface area contributed by atoms with Crippen LogP contribution in [0.25, 0.3) is 11.0 Å². The molecule has 3 rings (SSSR count). The Morgan fingerprint density at radius 1 is 1.35 bits per heavy atom. The van der Waals surface area contributed by atoms with Crippen LogP contribution in [0, 0.1) is 6.92 Å². The van der Waals surface area contributed by atoms with Crippen molar-refractivity contribution in [3.63, 3.8) is 0 Å². The third-order valence-electron chi connectivity index (χ3n) is 5.01. The summed E-state index contributed by atoms with van der Waals surface area (Å²) in [6.07, 6.45) is 4.04. The molecular weight excluding hydrogens is 288 g/mol. The number of ether oxygens (including phenoxy) is 1. The summed E-state index contributed by atoms with van der Waals surface area (Å²) >= 11 is 0. The molecule has 0 radical (unpaired) electrons. The molecule has 1 aromatic carbocycles. The first-order chi connectivity index (χ1) is 10.8. The summed E-state index contributed by atoms with van der Waals surface area (Å²) in [5, 5.41) is 0.930. The van der Waals surface area contributed by atoms with Crippen LogP contribution in [0.1, 0.15) is 57.6 Å². The average Bonchev–Trinajstić information content (AvgIpc) is 2.71. The van der Waals surface area contributed by atoms with Gasteiger partial charge in [0.1, 0.15) is 16.9 Å². The van der Waals surface area contributed by atoms with Crippen molar-refractivity contribution in [1.82, 2.24) is 0 Å². The number of fused-ring (bicyclic) bond motifs is 3. The summed E-state index contributed by atoms with van der Waals surface area (Å²) in [6.45, 7) is 10.4. The van der Waals surface area contributed by atoms with E-state index in [9.17, 15) is 4.79 Å². The van der Waals surface area contributed by atoms with E-state index in [0.29, 0.717) is 11.1 Å². The molecule has 0 amide bonds. The number of aryl methyl sites for hydroxylation is 1. The van der Waals surface area contributed by atoms with Gasteiger partial charge in [0.05, 0.1) is 10.9 Å². The summed E-state index contributed by atoms with van der Waals surface area (Å²) in [5.74, 6) is 0.741. The normalized spacial score (nSPS) is 22.7. The predicted octanol–water partition coefficient (Wildman–Crippen LogP) is 5.10. The van der Waals surface area contributed by atoms with E-state index in [1.165, 1.54) is 5.57 Å². The van der Waals surface area contributed by atoms with Crippen LogP contribution in [-0.4, -0.2) is 5.60 Å². The van der Waals surface area contributed by atoms with Gasteiger partial charge in [-0.1, -0.05) is 30.7 Å². The Kier molecular flexibility index (Phi) is 3.83. The third-order valence-corrected chi connectivity index (χ3v) is 5.01. The fraction of sp³-hybridized carbons (Fsp3) is 0.450. The van der Waals surface area contributed by atoms with Crippen molar-refractivity contribution in [3.8, 4) is 5.75 Å². The first-order valence-corrected chi connectivity index (χ1v) is 8.22. The molecule has 0 aliphatic carbocycles. The zero-order valence-corrected chi connectivity index (χ0v) is 14.5. The molecule has 0 fully saturated rings. The summed E-state index contributed by atoms with van der Waals surface area (Å²) in [4.78, 5) is 12.5. The van der Waals surface area contributed by atoms with Crippen molar-refractivity contribution in [2.45, 2.75) is 59.0 Å². The van der Waals surface area contributed by atoms with E-state index >= 15 is 0 Å². The van der Waals surface area contributed by atoms with Gasteiger partial charge in [0.2, 0.25) is 0 Å². The standard InChI is InChI=1S/C20H24O3/c1-12(2)8-7-11-20(5)14(4)17-18(23-20)16-13(3)9-6-10-15(16)22-19(17)21/h6,8-10,14H,7,11H2,1-5H3/t14-,20+/m0/s1. The zero-order chi connectivity index (χ0) is 16.8. The second kappa shape index (κ2) is 5.55. The Morgan fingerprint density at radius 2 is 2.09 bits per heavy atom. The SMILES string of the molecule is CC(C)=CCC[C@@]1(C)Oc2c(c(=O)oc3cccc(C)c23)[C@@H]1C. The minimum Gasteiger partial charge on any atom is -0.486 e. The van der Waals surface area contributed by atoms with Gasteiger partial charge in [-0.15, -0.1) is 0 Å². The van der Waals surface area contributed by atoms with Crippen molar-refractivity contribution < 1.29 is 9.15 Å². The predicted molar refractivity (Wildman–Crippen MR) is 93.3 cm³/mol. The summed E-state index contributed by atoms with van der Waals surface area (Å²) in [7, 11) is 0. The Morgan fingerprint density at radius 3 is 2.78 bits per heavy atom.